The van der Waals surface area contributed by atoms with Gasteiger partial charge in [-0.25, -0.2) is 0 Å². The van der Waals surface area contributed by atoms with Crippen molar-refractivity contribution in [3.63, 3.8) is 0 Å². The van der Waals surface area contributed by atoms with E-state index in [9.17, 15) is 0 Å². The van der Waals surface area contributed by atoms with Crippen molar-refractivity contribution in [3.8, 4) is 67.0 Å². The lowest BCUT2D eigenvalue weighted by Crippen LogP contribution is -1.95. The van der Waals surface area contributed by atoms with Gasteiger partial charge in [-0.2, -0.15) is 0 Å². The number of nitrogens with zero attached hydrogens (tertiary/aromatic N) is 2. The molecule has 0 N–H and O–H groups in total. The predicted octanol–water partition coefficient (Wildman–Crippen LogP) is 18.5. The zero-order valence-electron chi connectivity index (χ0n) is 38.3. The van der Waals surface area contributed by atoms with E-state index >= 15 is 0 Å². The average Bonchev–Trinajstić information content (AvgIpc) is 3.95. The van der Waals surface area contributed by atoms with Crippen molar-refractivity contribution in [2.24, 2.45) is 0 Å². The SMILES string of the molecule is c1ccc(-c2ccccc2-c2ccc3c(c2)c2cc(-c4ccc(-n5c6ccccc6c6ccccc65)cc4)ccc2n3-c2ccc(-c3c4ccccc4c(-c4ccccc4)c4ccccc34)cc2)cc1. The van der Waals surface area contributed by atoms with Gasteiger partial charge in [-0.1, -0.05) is 206 Å². The molecule has 2 nitrogen and oxygen atoms in total. The van der Waals surface area contributed by atoms with Gasteiger partial charge in [0.1, 0.15) is 0 Å². The van der Waals surface area contributed by atoms with Gasteiger partial charge in [0.15, 0.2) is 0 Å². The summed E-state index contributed by atoms with van der Waals surface area (Å²) in [7, 11) is 0. The third-order valence-electron chi connectivity index (χ3n) is 14.5. The number of fused-ring (bicyclic) bond motifs is 8. The molecule has 0 radical (unpaired) electrons. The lowest BCUT2D eigenvalue weighted by atomic mass is 9.86. The maximum atomic E-state index is 2.45. The van der Waals surface area contributed by atoms with Crippen LogP contribution in [-0.2, 0) is 0 Å². The van der Waals surface area contributed by atoms with Crippen LogP contribution < -0.4 is 0 Å². The van der Waals surface area contributed by atoms with Crippen molar-refractivity contribution >= 4 is 65.2 Å². The first kappa shape index (κ1) is 39.9. The van der Waals surface area contributed by atoms with Gasteiger partial charge in [-0.15, -0.1) is 0 Å². The summed E-state index contributed by atoms with van der Waals surface area (Å²) >= 11 is 0. The molecule has 0 aliphatic rings. The molecule has 0 atom stereocenters. The van der Waals surface area contributed by atoms with Crippen LogP contribution in [0.4, 0.5) is 0 Å². The number of hydrogen-bond donors (Lipinski definition) is 0. The minimum Gasteiger partial charge on any atom is -0.309 e. The molecule has 0 amide bonds. The van der Waals surface area contributed by atoms with E-state index in [0.717, 1.165) is 11.4 Å². The Morgan fingerprint density at radius 1 is 0.186 bits per heavy atom. The predicted molar refractivity (Wildman–Crippen MR) is 297 cm³/mol. The topological polar surface area (TPSA) is 9.86 Å². The maximum absolute atomic E-state index is 2.45. The molecular formula is C68H44N2. The molecule has 0 fully saturated rings. The van der Waals surface area contributed by atoms with Crippen LogP contribution in [0, 0.1) is 0 Å². The molecule has 0 unspecified atom stereocenters. The van der Waals surface area contributed by atoms with Crippen molar-refractivity contribution in [1.82, 2.24) is 9.13 Å². The smallest absolute Gasteiger partial charge is 0.0541 e. The van der Waals surface area contributed by atoms with Crippen molar-refractivity contribution < 1.29 is 0 Å². The van der Waals surface area contributed by atoms with E-state index in [1.165, 1.54) is 121 Å². The summed E-state index contributed by atoms with van der Waals surface area (Å²) in [6.07, 6.45) is 0. The van der Waals surface area contributed by atoms with Crippen LogP contribution in [0.1, 0.15) is 0 Å². The van der Waals surface area contributed by atoms with Gasteiger partial charge in [0.25, 0.3) is 0 Å². The number of aromatic nitrogens is 2. The third-order valence-corrected chi connectivity index (χ3v) is 14.5. The molecule has 70 heavy (non-hydrogen) atoms. The van der Waals surface area contributed by atoms with Crippen molar-refractivity contribution in [2.75, 3.05) is 0 Å². The Morgan fingerprint density at radius 2 is 0.514 bits per heavy atom. The van der Waals surface area contributed by atoms with Crippen LogP contribution in [0.25, 0.3) is 132 Å². The van der Waals surface area contributed by atoms with Crippen LogP contribution in [0.15, 0.2) is 267 Å². The summed E-state index contributed by atoms with van der Waals surface area (Å²) in [6.45, 7) is 0. The second-order valence-electron chi connectivity index (χ2n) is 18.4. The van der Waals surface area contributed by atoms with Crippen molar-refractivity contribution in [3.05, 3.63) is 267 Å². The molecule has 0 aliphatic carbocycles. The van der Waals surface area contributed by atoms with Crippen LogP contribution in [0.5, 0.6) is 0 Å². The Kier molecular flexibility index (Phi) is 9.25. The van der Waals surface area contributed by atoms with Crippen molar-refractivity contribution in [1.29, 1.82) is 0 Å². The molecule has 2 heteroatoms. The van der Waals surface area contributed by atoms with E-state index in [0.29, 0.717) is 0 Å². The third kappa shape index (κ3) is 6.35. The highest BCUT2D eigenvalue weighted by Crippen LogP contribution is 2.45. The monoisotopic (exact) mass is 888 g/mol. The summed E-state index contributed by atoms with van der Waals surface area (Å²) < 4.78 is 4.83. The van der Waals surface area contributed by atoms with Gasteiger partial charge in [0, 0.05) is 32.9 Å². The van der Waals surface area contributed by atoms with Gasteiger partial charge in [-0.3, -0.25) is 0 Å². The average molecular weight is 889 g/mol. The number of rotatable bonds is 7. The lowest BCUT2D eigenvalue weighted by Gasteiger charge is -2.18. The lowest BCUT2D eigenvalue weighted by molar-refractivity contribution is 1.18. The molecule has 14 rings (SSSR count). The fourth-order valence-electron chi connectivity index (χ4n) is 11.4. The Morgan fingerprint density at radius 3 is 1.01 bits per heavy atom. The van der Waals surface area contributed by atoms with Gasteiger partial charge in [-0.05, 0) is 138 Å². The Balaban J connectivity index is 0.927. The molecule has 0 saturated carbocycles. The molecule has 0 saturated heterocycles. The van der Waals surface area contributed by atoms with Crippen LogP contribution >= 0.6 is 0 Å². The number of hydrogen-bond acceptors (Lipinski definition) is 0. The molecular weight excluding hydrogens is 845 g/mol. The van der Waals surface area contributed by atoms with E-state index in [2.05, 4.69) is 276 Å². The summed E-state index contributed by atoms with van der Waals surface area (Å²) in [4.78, 5) is 0. The molecule has 326 valence electrons. The quantitative estimate of drug-likeness (QED) is 0.141. The molecule has 2 heterocycles. The van der Waals surface area contributed by atoms with Gasteiger partial charge in [0.05, 0.1) is 22.1 Å². The van der Waals surface area contributed by atoms with E-state index in [1.807, 2.05) is 0 Å². The standard InChI is InChI=1S/C68H44N2/c1-3-17-46(18-4-1)53-21-7-8-22-54(53)50-36-42-66-62(44-50)61-43-49(45-31-37-51(38-32-45)69-63-29-15-13-23-55(63)56-24-14-16-30-64(56)69)35-41-65(61)70(66)52-39-33-48(34-40-52)68-59-27-11-9-25-57(59)67(47-19-5-2-6-20-47)58-26-10-12-28-60(58)68/h1-44H. The first-order valence-electron chi connectivity index (χ1n) is 24.2. The molecule has 12 aromatic carbocycles. The highest BCUT2D eigenvalue weighted by Gasteiger charge is 2.20. The zero-order chi connectivity index (χ0) is 46.1. The highest BCUT2D eigenvalue weighted by atomic mass is 15.0. The Labute approximate surface area is 406 Å². The first-order valence-corrected chi connectivity index (χ1v) is 24.2. The number of benzene rings is 12. The van der Waals surface area contributed by atoms with Crippen LogP contribution in [-0.4, -0.2) is 9.13 Å². The summed E-state index contributed by atoms with van der Waals surface area (Å²) in [5.41, 5.74) is 19.2. The van der Waals surface area contributed by atoms with Gasteiger partial charge < -0.3 is 9.13 Å². The molecule has 14 aromatic rings. The van der Waals surface area contributed by atoms with Crippen molar-refractivity contribution in [2.45, 2.75) is 0 Å². The number of para-hydroxylation sites is 2. The zero-order valence-corrected chi connectivity index (χ0v) is 38.3. The molecule has 0 aliphatic heterocycles. The summed E-state index contributed by atoms with van der Waals surface area (Å²) in [5.74, 6) is 0. The van der Waals surface area contributed by atoms with E-state index in [1.54, 1.807) is 0 Å². The Bertz CT molecular complexity index is 4200. The van der Waals surface area contributed by atoms with E-state index in [-0.39, 0.29) is 0 Å². The van der Waals surface area contributed by atoms with E-state index in [4.69, 9.17) is 0 Å². The molecule has 0 bridgehead atoms. The maximum Gasteiger partial charge on any atom is 0.0541 e. The fourth-order valence-corrected chi connectivity index (χ4v) is 11.4. The summed E-state index contributed by atoms with van der Waals surface area (Å²) in [6, 6.07) is 97.9. The molecule has 2 aromatic heterocycles. The fraction of sp³-hybridized carbons (Fsp3) is 0. The Hall–Kier alpha value is -9.24. The molecule has 0 spiro atoms. The highest BCUT2D eigenvalue weighted by molar-refractivity contribution is 6.21. The largest absolute Gasteiger partial charge is 0.309 e. The van der Waals surface area contributed by atoms with Crippen LogP contribution in [0.3, 0.4) is 0 Å². The first-order chi connectivity index (χ1) is 34.7. The second-order valence-corrected chi connectivity index (χ2v) is 18.4. The van der Waals surface area contributed by atoms with E-state index < -0.39 is 0 Å². The van der Waals surface area contributed by atoms with Gasteiger partial charge >= 0.3 is 0 Å². The van der Waals surface area contributed by atoms with Crippen LogP contribution in [0.2, 0.25) is 0 Å². The van der Waals surface area contributed by atoms with Gasteiger partial charge in [0.2, 0.25) is 0 Å². The minimum absolute atomic E-state index is 1.12. The summed E-state index contributed by atoms with van der Waals surface area (Å²) in [5, 5.41) is 10.00. The normalized spacial score (nSPS) is 11.7. The second kappa shape index (κ2) is 16.2. The minimum atomic E-state index is 1.12.